The molecule has 0 aromatic carbocycles. The van der Waals surface area contributed by atoms with Gasteiger partial charge in [0.2, 0.25) is 0 Å². The van der Waals surface area contributed by atoms with Gasteiger partial charge in [0.05, 0.1) is 6.54 Å². The van der Waals surface area contributed by atoms with Crippen LogP contribution in [0, 0.1) is 0 Å². The first-order valence-corrected chi connectivity index (χ1v) is 7.23. The minimum atomic E-state index is -0.805. The highest BCUT2D eigenvalue weighted by Crippen LogP contribution is 2.08. The minimum Gasteiger partial charge on any atom is -0.480 e. The zero-order valence-corrected chi connectivity index (χ0v) is 12.1. The highest BCUT2D eigenvalue weighted by Gasteiger charge is 2.26. The smallest absolute Gasteiger partial charge is 0.320 e. The fourth-order valence-electron chi connectivity index (χ4n) is 2.73. The zero-order valence-electron chi connectivity index (χ0n) is 12.1. The van der Waals surface area contributed by atoms with Crippen LogP contribution in [-0.2, 0) is 4.79 Å². The van der Waals surface area contributed by atoms with Gasteiger partial charge in [-0.15, -0.1) is 0 Å². The van der Waals surface area contributed by atoms with Crippen LogP contribution < -0.4 is 0 Å². The molecule has 2 saturated heterocycles. The Balaban J connectivity index is 1.80. The molecule has 2 fully saturated rings. The van der Waals surface area contributed by atoms with Crippen molar-refractivity contribution in [3.63, 3.8) is 0 Å². The Morgan fingerprint density at radius 1 is 0.900 bits per heavy atom. The Hall–Kier alpha value is -1.34. The molecule has 0 aromatic heterocycles. The molecule has 20 heavy (non-hydrogen) atoms. The number of carbonyl (C=O) groups excluding carboxylic acids is 1. The van der Waals surface area contributed by atoms with E-state index in [4.69, 9.17) is 5.11 Å². The number of carboxylic acid groups (broad SMARTS) is 1. The van der Waals surface area contributed by atoms with Crippen molar-refractivity contribution in [3.05, 3.63) is 0 Å². The molecule has 2 rings (SSSR count). The van der Waals surface area contributed by atoms with Crippen LogP contribution in [0.25, 0.3) is 0 Å². The molecular formula is C13H24N4O3. The second-order valence-electron chi connectivity index (χ2n) is 5.58. The van der Waals surface area contributed by atoms with Crippen molar-refractivity contribution in [1.82, 2.24) is 19.6 Å². The first kappa shape index (κ1) is 15.1. The average molecular weight is 284 g/mol. The molecular weight excluding hydrogens is 260 g/mol. The van der Waals surface area contributed by atoms with E-state index >= 15 is 0 Å². The number of amides is 2. The summed E-state index contributed by atoms with van der Waals surface area (Å²) in [6.45, 7) is 6.16. The van der Waals surface area contributed by atoms with Crippen molar-refractivity contribution in [1.29, 1.82) is 0 Å². The maximum Gasteiger partial charge on any atom is 0.320 e. The molecule has 0 atom stereocenters. The molecule has 2 heterocycles. The number of carbonyl (C=O) groups is 2. The summed E-state index contributed by atoms with van der Waals surface area (Å²) in [5.41, 5.74) is 0. The van der Waals surface area contributed by atoms with E-state index in [1.807, 2.05) is 14.7 Å². The normalized spacial score (nSPS) is 22.6. The number of hydrogen-bond donors (Lipinski definition) is 1. The summed E-state index contributed by atoms with van der Waals surface area (Å²) in [7, 11) is 2.08. The van der Waals surface area contributed by atoms with Crippen LogP contribution in [-0.4, -0.2) is 103 Å². The fourth-order valence-corrected chi connectivity index (χ4v) is 2.73. The third-order valence-corrected chi connectivity index (χ3v) is 3.99. The van der Waals surface area contributed by atoms with Crippen molar-refractivity contribution in [2.45, 2.75) is 6.42 Å². The number of urea groups is 1. The number of hydrogen-bond acceptors (Lipinski definition) is 4. The fraction of sp³-hybridized carbons (Fsp3) is 0.846. The molecule has 2 amide bonds. The predicted octanol–water partition coefficient (Wildman–Crippen LogP) is -0.554. The lowest BCUT2D eigenvalue weighted by atomic mass is 10.3. The largest absolute Gasteiger partial charge is 0.480 e. The van der Waals surface area contributed by atoms with Crippen LogP contribution >= 0.6 is 0 Å². The lowest BCUT2D eigenvalue weighted by Gasteiger charge is -2.36. The predicted molar refractivity (Wildman–Crippen MR) is 74.7 cm³/mol. The molecule has 0 bridgehead atoms. The Kier molecular flexibility index (Phi) is 5.19. The summed E-state index contributed by atoms with van der Waals surface area (Å²) in [6.07, 6.45) is 1.02. The van der Waals surface area contributed by atoms with Gasteiger partial charge in [-0.25, -0.2) is 4.79 Å². The molecule has 0 aromatic rings. The van der Waals surface area contributed by atoms with Crippen molar-refractivity contribution in [2.75, 3.05) is 66.0 Å². The van der Waals surface area contributed by atoms with Gasteiger partial charge in [0.1, 0.15) is 0 Å². The van der Waals surface area contributed by atoms with Gasteiger partial charge in [-0.2, -0.15) is 0 Å². The highest BCUT2D eigenvalue weighted by molar-refractivity contribution is 5.74. The van der Waals surface area contributed by atoms with Gasteiger partial charge in [0.25, 0.3) is 0 Å². The molecule has 114 valence electrons. The van der Waals surface area contributed by atoms with Gasteiger partial charge in [-0.3, -0.25) is 9.69 Å². The number of piperazine rings is 1. The molecule has 0 spiro atoms. The SMILES string of the molecule is CN1CCCN(C(=O)N2CCN(CC(=O)O)CC2)CC1. The maximum atomic E-state index is 12.4. The second-order valence-corrected chi connectivity index (χ2v) is 5.58. The first-order valence-electron chi connectivity index (χ1n) is 7.23. The van der Waals surface area contributed by atoms with Crippen LogP contribution in [0.4, 0.5) is 4.79 Å². The molecule has 2 aliphatic rings. The lowest BCUT2D eigenvalue weighted by Crippen LogP contribution is -2.54. The summed E-state index contributed by atoms with van der Waals surface area (Å²) >= 11 is 0. The number of likely N-dealkylation sites (N-methyl/N-ethyl adjacent to an activating group) is 1. The molecule has 0 radical (unpaired) electrons. The van der Waals surface area contributed by atoms with Crippen molar-refractivity contribution >= 4 is 12.0 Å². The van der Waals surface area contributed by atoms with Crippen LogP contribution in [0.1, 0.15) is 6.42 Å². The van der Waals surface area contributed by atoms with Gasteiger partial charge < -0.3 is 19.8 Å². The summed E-state index contributed by atoms with van der Waals surface area (Å²) in [5.74, 6) is -0.805. The Labute approximate surface area is 119 Å². The second kappa shape index (κ2) is 6.90. The monoisotopic (exact) mass is 284 g/mol. The molecule has 7 heteroatoms. The van der Waals surface area contributed by atoms with E-state index < -0.39 is 5.97 Å². The number of nitrogens with zero attached hydrogens (tertiary/aromatic N) is 4. The zero-order chi connectivity index (χ0) is 14.5. The Bertz CT molecular complexity index is 356. The summed E-state index contributed by atoms with van der Waals surface area (Å²) in [6, 6.07) is 0.107. The number of rotatable bonds is 2. The third kappa shape index (κ3) is 4.08. The van der Waals surface area contributed by atoms with Crippen molar-refractivity contribution < 1.29 is 14.7 Å². The van der Waals surface area contributed by atoms with Gasteiger partial charge in [-0.05, 0) is 20.0 Å². The van der Waals surface area contributed by atoms with Gasteiger partial charge >= 0.3 is 12.0 Å². The molecule has 0 saturated carbocycles. The van der Waals surface area contributed by atoms with E-state index in [2.05, 4.69) is 11.9 Å². The minimum absolute atomic E-state index is 0.0660. The first-order chi connectivity index (χ1) is 9.56. The van der Waals surface area contributed by atoms with Gasteiger partial charge in [0.15, 0.2) is 0 Å². The number of carboxylic acids is 1. The third-order valence-electron chi connectivity index (χ3n) is 3.99. The Morgan fingerprint density at radius 2 is 1.50 bits per heavy atom. The van der Waals surface area contributed by atoms with Crippen LogP contribution in [0.15, 0.2) is 0 Å². The van der Waals surface area contributed by atoms with E-state index in [0.29, 0.717) is 26.2 Å². The van der Waals surface area contributed by atoms with Crippen LogP contribution in [0.2, 0.25) is 0 Å². The molecule has 0 unspecified atom stereocenters. The van der Waals surface area contributed by atoms with E-state index in [1.165, 1.54) is 0 Å². The summed E-state index contributed by atoms with van der Waals surface area (Å²) < 4.78 is 0. The highest BCUT2D eigenvalue weighted by atomic mass is 16.4. The topological polar surface area (TPSA) is 67.3 Å². The van der Waals surface area contributed by atoms with Gasteiger partial charge in [-0.1, -0.05) is 0 Å². The van der Waals surface area contributed by atoms with E-state index in [-0.39, 0.29) is 12.6 Å². The quantitative estimate of drug-likeness (QED) is 0.737. The maximum absolute atomic E-state index is 12.4. The van der Waals surface area contributed by atoms with Crippen molar-refractivity contribution in [3.8, 4) is 0 Å². The number of aliphatic carboxylic acids is 1. The molecule has 1 N–H and O–H groups in total. The van der Waals surface area contributed by atoms with E-state index in [0.717, 1.165) is 32.6 Å². The van der Waals surface area contributed by atoms with E-state index in [1.54, 1.807) is 0 Å². The van der Waals surface area contributed by atoms with Crippen LogP contribution in [0.3, 0.4) is 0 Å². The van der Waals surface area contributed by atoms with Gasteiger partial charge in [0, 0.05) is 45.8 Å². The standard InChI is InChI=1S/C13H24N4O3/c1-14-3-2-4-16(8-5-14)13(20)17-9-6-15(7-10-17)11-12(18)19/h2-11H2,1H3,(H,18,19). The Morgan fingerprint density at radius 3 is 2.15 bits per heavy atom. The van der Waals surface area contributed by atoms with E-state index in [9.17, 15) is 9.59 Å². The molecule has 0 aliphatic carbocycles. The lowest BCUT2D eigenvalue weighted by molar-refractivity contribution is -0.138. The van der Waals surface area contributed by atoms with Crippen LogP contribution in [0.5, 0.6) is 0 Å². The molecule has 7 nitrogen and oxygen atoms in total. The summed E-state index contributed by atoms with van der Waals surface area (Å²) in [5, 5.41) is 8.77. The summed E-state index contributed by atoms with van der Waals surface area (Å²) in [4.78, 5) is 31.0. The molecule has 2 aliphatic heterocycles. The van der Waals surface area contributed by atoms with Crippen molar-refractivity contribution in [2.24, 2.45) is 0 Å². The average Bonchev–Trinajstić information content (AvgIpc) is 2.63.